The molecule has 188 valence electrons. The Morgan fingerprint density at radius 1 is 1.11 bits per heavy atom. The zero-order valence-corrected chi connectivity index (χ0v) is 20.4. The van der Waals surface area contributed by atoms with Crippen molar-refractivity contribution in [3.8, 4) is 11.5 Å². The predicted molar refractivity (Wildman–Crippen MR) is 127 cm³/mol. The average Bonchev–Trinajstić information content (AvgIpc) is 3.46. The standard InChI is InChI=1S/C25H32N4O6/c1-16-12-22(27-35-16)26-24(31)18-7-10-28(11-8-18)25(32)19-14-23(30)29(15-19)9-6-17-4-5-20(33-2)21(13-17)34-3/h4-5,12-13,18-19H,6-11,14-15H2,1-3H3,(H,26,27,31). The monoisotopic (exact) mass is 484 g/mol. The number of amides is 3. The van der Waals surface area contributed by atoms with E-state index in [2.05, 4.69) is 10.5 Å². The molecule has 0 radical (unpaired) electrons. The smallest absolute Gasteiger partial charge is 0.228 e. The van der Waals surface area contributed by atoms with Crippen LogP contribution >= 0.6 is 0 Å². The van der Waals surface area contributed by atoms with E-state index in [9.17, 15) is 14.4 Å². The van der Waals surface area contributed by atoms with Crippen LogP contribution in [0.2, 0.25) is 0 Å². The lowest BCUT2D eigenvalue weighted by atomic mass is 9.94. The van der Waals surface area contributed by atoms with Crippen LogP contribution < -0.4 is 14.8 Å². The summed E-state index contributed by atoms with van der Waals surface area (Å²) in [6.07, 6.45) is 2.06. The van der Waals surface area contributed by atoms with Gasteiger partial charge in [0.15, 0.2) is 17.3 Å². The van der Waals surface area contributed by atoms with Crippen LogP contribution in [0.15, 0.2) is 28.8 Å². The number of nitrogens with one attached hydrogen (secondary N) is 1. The van der Waals surface area contributed by atoms with E-state index in [4.69, 9.17) is 14.0 Å². The third-order valence-electron chi connectivity index (χ3n) is 6.74. The number of hydrogen-bond donors (Lipinski definition) is 1. The number of aryl methyl sites for hydroxylation is 1. The quantitative estimate of drug-likeness (QED) is 0.611. The Kier molecular flexibility index (Phi) is 7.57. The molecule has 3 heterocycles. The van der Waals surface area contributed by atoms with Gasteiger partial charge in [0.25, 0.3) is 0 Å². The molecular formula is C25H32N4O6. The topological polar surface area (TPSA) is 114 Å². The first kappa shape index (κ1) is 24.6. The molecule has 2 aromatic rings. The third-order valence-corrected chi connectivity index (χ3v) is 6.74. The van der Waals surface area contributed by atoms with E-state index in [1.54, 1.807) is 37.0 Å². The minimum Gasteiger partial charge on any atom is -0.493 e. The van der Waals surface area contributed by atoms with Crippen LogP contribution in [0.1, 0.15) is 30.6 Å². The van der Waals surface area contributed by atoms with Crippen molar-refractivity contribution in [2.75, 3.05) is 45.7 Å². The number of piperidine rings is 1. The number of carbonyl (C=O) groups excluding carboxylic acids is 3. The number of ether oxygens (including phenoxy) is 2. The third kappa shape index (κ3) is 5.75. The van der Waals surface area contributed by atoms with Gasteiger partial charge in [-0.05, 0) is 43.9 Å². The number of likely N-dealkylation sites (tertiary alicyclic amines) is 2. The highest BCUT2D eigenvalue weighted by atomic mass is 16.5. The summed E-state index contributed by atoms with van der Waals surface area (Å²) in [4.78, 5) is 41.7. The van der Waals surface area contributed by atoms with E-state index < -0.39 is 0 Å². The summed E-state index contributed by atoms with van der Waals surface area (Å²) in [6.45, 7) is 3.74. The lowest BCUT2D eigenvalue weighted by Crippen LogP contribution is -2.44. The lowest BCUT2D eigenvalue weighted by molar-refractivity contribution is -0.138. The van der Waals surface area contributed by atoms with E-state index in [-0.39, 0.29) is 36.0 Å². The van der Waals surface area contributed by atoms with Crippen molar-refractivity contribution in [2.24, 2.45) is 11.8 Å². The Bertz CT molecular complexity index is 1080. The summed E-state index contributed by atoms with van der Waals surface area (Å²) >= 11 is 0. The minimum atomic E-state index is -0.337. The van der Waals surface area contributed by atoms with Crippen LogP contribution in [0.3, 0.4) is 0 Å². The molecule has 0 saturated carbocycles. The maximum Gasteiger partial charge on any atom is 0.228 e. The van der Waals surface area contributed by atoms with Gasteiger partial charge in [0.1, 0.15) is 5.76 Å². The molecule has 2 aliphatic rings. The van der Waals surface area contributed by atoms with Crippen molar-refractivity contribution in [2.45, 2.75) is 32.6 Å². The molecule has 2 fully saturated rings. The number of hydrogen-bond acceptors (Lipinski definition) is 7. The highest BCUT2D eigenvalue weighted by molar-refractivity contribution is 5.92. The van der Waals surface area contributed by atoms with Gasteiger partial charge in [0.2, 0.25) is 17.7 Å². The van der Waals surface area contributed by atoms with Gasteiger partial charge in [-0.25, -0.2) is 0 Å². The summed E-state index contributed by atoms with van der Waals surface area (Å²) in [5, 5.41) is 6.56. The second-order valence-corrected chi connectivity index (χ2v) is 9.09. The summed E-state index contributed by atoms with van der Waals surface area (Å²) in [5.74, 6) is 1.72. The van der Waals surface area contributed by atoms with Crippen molar-refractivity contribution >= 4 is 23.5 Å². The summed E-state index contributed by atoms with van der Waals surface area (Å²) < 4.78 is 15.6. The molecule has 2 aliphatic heterocycles. The normalized spacial score (nSPS) is 18.6. The fourth-order valence-corrected chi connectivity index (χ4v) is 4.73. The number of anilines is 1. The van der Waals surface area contributed by atoms with E-state index in [1.807, 2.05) is 18.2 Å². The van der Waals surface area contributed by atoms with Gasteiger partial charge in [-0.15, -0.1) is 0 Å². The van der Waals surface area contributed by atoms with Gasteiger partial charge in [-0.2, -0.15) is 0 Å². The minimum absolute atomic E-state index is 0.000922. The van der Waals surface area contributed by atoms with Gasteiger partial charge in [-0.3, -0.25) is 14.4 Å². The second-order valence-electron chi connectivity index (χ2n) is 9.09. The van der Waals surface area contributed by atoms with Crippen molar-refractivity contribution < 1.29 is 28.4 Å². The number of nitrogens with zero attached hydrogens (tertiary/aromatic N) is 3. The summed E-state index contributed by atoms with van der Waals surface area (Å²) in [5.41, 5.74) is 1.03. The SMILES string of the molecule is COc1ccc(CCN2CC(C(=O)N3CCC(C(=O)Nc4cc(C)on4)CC3)CC2=O)cc1OC. The van der Waals surface area contributed by atoms with Crippen LogP contribution in [0.4, 0.5) is 5.82 Å². The second kappa shape index (κ2) is 10.8. The highest BCUT2D eigenvalue weighted by Crippen LogP contribution is 2.29. The first-order valence-electron chi connectivity index (χ1n) is 11.9. The Hall–Kier alpha value is -3.56. The zero-order chi connectivity index (χ0) is 24.9. The maximum absolute atomic E-state index is 13.1. The van der Waals surface area contributed by atoms with Crippen LogP contribution in [-0.4, -0.2) is 73.1 Å². The van der Waals surface area contributed by atoms with Crippen molar-refractivity contribution in [1.29, 1.82) is 0 Å². The Morgan fingerprint density at radius 2 is 1.86 bits per heavy atom. The highest BCUT2D eigenvalue weighted by Gasteiger charge is 2.38. The molecule has 4 rings (SSSR count). The molecule has 0 aliphatic carbocycles. The van der Waals surface area contributed by atoms with Crippen molar-refractivity contribution in [1.82, 2.24) is 15.0 Å². The fraction of sp³-hybridized carbons (Fsp3) is 0.520. The summed E-state index contributed by atoms with van der Waals surface area (Å²) in [6, 6.07) is 7.38. The van der Waals surface area contributed by atoms with Gasteiger partial charge >= 0.3 is 0 Å². The van der Waals surface area contributed by atoms with Crippen LogP contribution in [0, 0.1) is 18.8 Å². The molecule has 1 aromatic carbocycles. The van der Waals surface area contributed by atoms with Gasteiger partial charge in [0.05, 0.1) is 20.1 Å². The average molecular weight is 485 g/mol. The zero-order valence-electron chi connectivity index (χ0n) is 20.4. The molecule has 1 unspecified atom stereocenters. The van der Waals surface area contributed by atoms with Gasteiger partial charge in [0, 0.05) is 44.6 Å². The number of rotatable bonds is 8. The number of aromatic nitrogens is 1. The predicted octanol–water partition coefficient (Wildman–Crippen LogP) is 2.27. The number of methoxy groups -OCH3 is 2. The fourth-order valence-electron chi connectivity index (χ4n) is 4.73. The molecule has 0 spiro atoms. The first-order valence-corrected chi connectivity index (χ1v) is 11.9. The van der Waals surface area contributed by atoms with E-state index in [0.29, 0.717) is 68.5 Å². The van der Waals surface area contributed by atoms with E-state index in [0.717, 1.165) is 5.56 Å². The molecule has 35 heavy (non-hydrogen) atoms. The molecule has 1 aromatic heterocycles. The Balaban J connectivity index is 1.25. The largest absolute Gasteiger partial charge is 0.493 e. The summed E-state index contributed by atoms with van der Waals surface area (Å²) in [7, 11) is 3.18. The Morgan fingerprint density at radius 3 is 2.51 bits per heavy atom. The van der Waals surface area contributed by atoms with E-state index >= 15 is 0 Å². The molecule has 1 atom stereocenters. The van der Waals surface area contributed by atoms with Crippen LogP contribution in [0.25, 0.3) is 0 Å². The number of benzene rings is 1. The van der Waals surface area contributed by atoms with Crippen LogP contribution in [0.5, 0.6) is 11.5 Å². The van der Waals surface area contributed by atoms with Crippen LogP contribution in [-0.2, 0) is 20.8 Å². The lowest BCUT2D eigenvalue weighted by Gasteiger charge is -2.32. The molecule has 3 amide bonds. The van der Waals surface area contributed by atoms with Gasteiger partial charge in [-0.1, -0.05) is 11.2 Å². The molecule has 1 N–H and O–H groups in total. The molecule has 0 bridgehead atoms. The number of carbonyl (C=O) groups is 3. The molecule has 10 nitrogen and oxygen atoms in total. The maximum atomic E-state index is 13.1. The van der Waals surface area contributed by atoms with Crippen molar-refractivity contribution in [3.63, 3.8) is 0 Å². The molecule has 2 saturated heterocycles. The molecule has 10 heteroatoms. The van der Waals surface area contributed by atoms with Gasteiger partial charge < -0.3 is 29.1 Å². The Labute approximate surface area is 204 Å². The first-order chi connectivity index (χ1) is 16.9. The van der Waals surface area contributed by atoms with E-state index in [1.165, 1.54) is 0 Å². The molecular weight excluding hydrogens is 452 g/mol. The van der Waals surface area contributed by atoms with Crippen molar-refractivity contribution in [3.05, 3.63) is 35.6 Å².